The smallest absolute Gasteiger partial charge is 0.0744 e. The first-order valence-electron chi connectivity index (χ1n) is 7.60. The van der Waals surface area contributed by atoms with Gasteiger partial charge in [0.15, 0.2) is 0 Å². The lowest BCUT2D eigenvalue weighted by atomic mass is 9.81. The van der Waals surface area contributed by atoms with Gasteiger partial charge in [0.25, 0.3) is 0 Å². The van der Waals surface area contributed by atoms with E-state index in [9.17, 15) is 0 Å². The summed E-state index contributed by atoms with van der Waals surface area (Å²) in [5, 5.41) is 2.59. The second kappa shape index (κ2) is 4.56. The summed E-state index contributed by atoms with van der Waals surface area (Å²) >= 11 is 0. The van der Waals surface area contributed by atoms with Crippen LogP contribution < -0.4 is 0 Å². The second-order valence-electron chi connectivity index (χ2n) is 7.11. The molecule has 0 atom stereocenters. The Labute approximate surface area is 127 Å². The summed E-state index contributed by atoms with van der Waals surface area (Å²) in [6.45, 7) is 13.4. The van der Waals surface area contributed by atoms with Gasteiger partial charge in [-0.25, -0.2) is 4.98 Å². The molecule has 1 heterocycles. The molecule has 1 nitrogen and oxygen atoms in total. The Kier molecular flexibility index (Phi) is 3.05. The molecule has 1 heteroatoms. The molecular weight excluding hydrogens is 254 g/mol. The number of rotatable bonds is 0. The molecule has 0 unspecified atom stereocenters. The van der Waals surface area contributed by atoms with Gasteiger partial charge in [-0.2, -0.15) is 0 Å². The minimum absolute atomic E-state index is 0.0922. The zero-order chi connectivity index (χ0) is 15.4. The number of para-hydroxylation sites is 1. The molecule has 0 aliphatic rings. The summed E-state index contributed by atoms with van der Waals surface area (Å²) in [6.07, 6.45) is 0. The molecule has 0 radical (unpaired) electrons. The third kappa shape index (κ3) is 2.12. The first kappa shape index (κ1) is 14.1. The van der Waals surface area contributed by atoms with Gasteiger partial charge in [-0.05, 0) is 48.4 Å². The zero-order valence-electron chi connectivity index (χ0n) is 13.8. The highest BCUT2D eigenvalue weighted by molar-refractivity contribution is 6.00. The van der Waals surface area contributed by atoms with Crippen molar-refractivity contribution in [3.63, 3.8) is 0 Å². The van der Waals surface area contributed by atoms with Crippen LogP contribution in [0.2, 0.25) is 0 Å². The van der Waals surface area contributed by atoms with Gasteiger partial charge in [0, 0.05) is 10.8 Å². The van der Waals surface area contributed by atoms with Gasteiger partial charge in [-0.15, -0.1) is 0 Å². The number of hydrogen-bond acceptors (Lipinski definition) is 1. The van der Waals surface area contributed by atoms with Crippen LogP contribution in [0.15, 0.2) is 30.3 Å². The highest BCUT2D eigenvalue weighted by atomic mass is 14.7. The van der Waals surface area contributed by atoms with Gasteiger partial charge in [0.05, 0.1) is 11.0 Å². The topological polar surface area (TPSA) is 12.9 Å². The molecule has 3 aromatic rings. The average Bonchev–Trinajstić information content (AvgIpc) is 2.40. The summed E-state index contributed by atoms with van der Waals surface area (Å²) in [4.78, 5) is 5.01. The van der Waals surface area contributed by atoms with Crippen molar-refractivity contribution >= 4 is 21.8 Å². The summed E-state index contributed by atoms with van der Waals surface area (Å²) in [5.41, 5.74) is 7.65. The lowest BCUT2D eigenvalue weighted by molar-refractivity contribution is 0.601. The number of nitrogens with zero attached hydrogens (tertiary/aromatic N) is 1. The van der Waals surface area contributed by atoms with Crippen LogP contribution in [0.25, 0.3) is 21.8 Å². The SMILES string of the molecule is Cc1ccc2c(C(C)(C)C)c3cccc(C)c3nc2c1C. The fraction of sp³-hybridized carbons (Fsp3) is 0.350. The van der Waals surface area contributed by atoms with Gasteiger partial charge in [-0.3, -0.25) is 0 Å². The van der Waals surface area contributed by atoms with Crippen molar-refractivity contribution in [3.05, 3.63) is 52.6 Å². The van der Waals surface area contributed by atoms with Gasteiger partial charge >= 0.3 is 0 Å². The molecule has 21 heavy (non-hydrogen) atoms. The highest BCUT2D eigenvalue weighted by Gasteiger charge is 2.22. The van der Waals surface area contributed by atoms with E-state index in [0.717, 1.165) is 11.0 Å². The number of aromatic nitrogens is 1. The molecule has 0 saturated heterocycles. The lowest BCUT2D eigenvalue weighted by Crippen LogP contribution is -2.13. The molecule has 0 spiro atoms. The molecule has 0 bridgehead atoms. The Morgan fingerprint density at radius 2 is 1.43 bits per heavy atom. The molecular formula is C20H23N. The van der Waals surface area contributed by atoms with Crippen molar-refractivity contribution in [2.45, 2.75) is 47.0 Å². The Morgan fingerprint density at radius 3 is 2.10 bits per heavy atom. The fourth-order valence-corrected chi connectivity index (χ4v) is 3.22. The Bertz CT molecular complexity index is 851. The molecule has 2 aromatic carbocycles. The van der Waals surface area contributed by atoms with Crippen LogP contribution in [0.5, 0.6) is 0 Å². The monoisotopic (exact) mass is 277 g/mol. The van der Waals surface area contributed by atoms with Crippen molar-refractivity contribution in [3.8, 4) is 0 Å². The lowest BCUT2D eigenvalue weighted by Gasteiger charge is -2.25. The van der Waals surface area contributed by atoms with Gasteiger partial charge in [0.2, 0.25) is 0 Å². The summed E-state index contributed by atoms with van der Waals surface area (Å²) < 4.78 is 0. The number of aryl methyl sites for hydroxylation is 3. The van der Waals surface area contributed by atoms with Crippen molar-refractivity contribution in [2.75, 3.05) is 0 Å². The maximum absolute atomic E-state index is 5.01. The largest absolute Gasteiger partial charge is 0.247 e. The van der Waals surface area contributed by atoms with Crippen LogP contribution in [-0.2, 0) is 5.41 Å². The van der Waals surface area contributed by atoms with Crippen LogP contribution in [-0.4, -0.2) is 4.98 Å². The van der Waals surface area contributed by atoms with E-state index in [-0.39, 0.29) is 5.41 Å². The van der Waals surface area contributed by atoms with E-state index in [1.165, 1.54) is 33.0 Å². The molecule has 0 aliphatic heterocycles. The van der Waals surface area contributed by atoms with Crippen LogP contribution in [0.1, 0.15) is 43.0 Å². The van der Waals surface area contributed by atoms with Crippen molar-refractivity contribution in [1.82, 2.24) is 4.98 Å². The first-order chi connectivity index (χ1) is 9.80. The Balaban J connectivity index is 2.65. The molecule has 108 valence electrons. The minimum Gasteiger partial charge on any atom is -0.247 e. The van der Waals surface area contributed by atoms with Gasteiger partial charge in [0.1, 0.15) is 0 Å². The Hall–Kier alpha value is -1.89. The van der Waals surface area contributed by atoms with Crippen LogP contribution in [0, 0.1) is 20.8 Å². The van der Waals surface area contributed by atoms with Crippen molar-refractivity contribution in [2.24, 2.45) is 0 Å². The first-order valence-corrected chi connectivity index (χ1v) is 7.60. The van der Waals surface area contributed by atoms with Gasteiger partial charge in [-0.1, -0.05) is 51.1 Å². The second-order valence-corrected chi connectivity index (χ2v) is 7.11. The predicted octanol–water partition coefficient (Wildman–Crippen LogP) is 5.61. The fourth-order valence-electron chi connectivity index (χ4n) is 3.22. The van der Waals surface area contributed by atoms with E-state index >= 15 is 0 Å². The van der Waals surface area contributed by atoms with Crippen molar-refractivity contribution < 1.29 is 0 Å². The van der Waals surface area contributed by atoms with Crippen molar-refractivity contribution in [1.29, 1.82) is 0 Å². The maximum atomic E-state index is 5.01. The molecule has 1 aromatic heterocycles. The molecule has 0 fully saturated rings. The quantitative estimate of drug-likeness (QED) is 0.487. The number of fused-ring (bicyclic) bond motifs is 2. The number of pyridine rings is 1. The van der Waals surface area contributed by atoms with Gasteiger partial charge < -0.3 is 0 Å². The van der Waals surface area contributed by atoms with E-state index < -0.39 is 0 Å². The minimum atomic E-state index is 0.0922. The van der Waals surface area contributed by atoms with Crippen LogP contribution >= 0.6 is 0 Å². The third-order valence-corrected chi connectivity index (χ3v) is 4.45. The molecule has 0 saturated carbocycles. The highest BCUT2D eigenvalue weighted by Crippen LogP contribution is 2.37. The number of benzene rings is 2. The van der Waals surface area contributed by atoms with Crippen LogP contribution in [0.3, 0.4) is 0 Å². The van der Waals surface area contributed by atoms with E-state index in [0.29, 0.717) is 0 Å². The van der Waals surface area contributed by atoms with Crippen LogP contribution in [0.4, 0.5) is 0 Å². The Morgan fingerprint density at radius 1 is 0.762 bits per heavy atom. The normalized spacial score (nSPS) is 12.3. The average molecular weight is 277 g/mol. The van der Waals surface area contributed by atoms with E-state index in [1.54, 1.807) is 0 Å². The third-order valence-electron chi connectivity index (χ3n) is 4.45. The maximum Gasteiger partial charge on any atom is 0.0744 e. The number of hydrogen-bond donors (Lipinski definition) is 0. The van der Waals surface area contributed by atoms with E-state index in [4.69, 9.17) is 4.98 Å². The summed E-state index contributed by atoms with van der Waals surface area (Å²) in [6, 6.07) is 11.0. The standard InChI is InChI=1S/C20H23N/c1-12-10-11-16-17(20(4,5)6)15-9-7-8-13(2)18(15)21-19(16)14(12)3/h7-11H,1-6H3. The molecule has 0 N–H and O–H groups in total. The summed E-state index contributed by atoms with van der Waals surface area (Å²) in [7, 11) is 0. The van der Waals surface area contributed by atoms with E-state index in [2.05, 4.69) is 71.9 Å². The molecule has 0 amide bonds. The van der Waals surface area contributed by atoms with E-state index in [1.807, 2.05) is 0 Å². The predicted molar refractivity (Wildman–Crippen MR) is 92.2 cm³/mol. The molecule has 3 rings (SSSR count). The summed E-state index contributed by atoms with van der Waals surface area (Å²) in [5.74, 6) is 0. The zero-order valence-corrected chi connectivity index (χ0v) is 13.8. The molecule has 0 aliphatic carbocycles.